The normalized spacial score (nSPS) is 11.4. The summed E-state index contributed by atoms with van der Waals surface area (Å²) in [6, 6.07) is 19.6. The van der Waals surface area contributed by atoms with Crippen molar-refractivity contribution in [3.63, 3.8) is 0 Å². The molecule has 4 rings (SSSR count). The number of nitrogens with two attached hydrogens (primary N) is 2. The van der Waals surface area contributed by atoms with Crippen LogP contribution in [0.5, 0.6) is 0 Å². The van der Waals surface area contributed by atoms with Gasteiger partial charge in [-0.1, -0.05) is 60.7 Å². The minimum Gasteiger partial charge on any atom is -0.744 e. The van der Waals surface area contributed by atoms with Crippen molar-refractivity contribution in [2.75, 3.05) is 11.5 Å². The molecule has 11 heteroatoms. The van der Waals surface area contributed by atoms with E-state index in [1.165, 1.54) is 12.1 Å². The summed E-state index contributed by atoms with van der Waals surface area (Å²) in [5.74, 6) is 0. The Balaban J connectivity index is 0.000000213. The van der Waals surface area contributed by atoms with Gasteiger partial charge in [-0.15, -0.1) is 0 Å². The Morgan fingerprint density at radius 1 is 0.548 bits per heavy atom. The Kier molecular flexibility index (Phi) is 7.32. The van der Waals surface area contributed by atoms with E-state index in [1.54, 1.807) is 60.7 Å². The first-order chi connectivity index (χ1) is 14.0. The van der Waals surface area contributed by atoms with Crippen LogP contribution in [0, 0.1) is 0 Å². The fraction of sp³-hybridized carbons (Fsp3) is 0. The van der Waals surface area contributed by atoms with Crippen molar-refractivity contribution in [1.29, 1.82) is 0 Å². The van der Waals surface area contributed by atoms with Gasteiger partial charge in [-0.25, -0.2) is 16.8 Å². The van der Waals surface area contributed by atoms with Crippen molar-refractivity contribution in [3.05, 3.63) is 72.8 Å². The van der Waals surface area contributed by atoms with Crippen molar-refractivity contribution >= 4 is 53.2 Å². The molecule has 0 spiro atoms. The molecule has 0 aliphatic rings. The predicted molar refractivity (Wildman–Crippen MR) is 113 cm³/mol. The molecule has 4 aromatic carbocycles. The summed E-state index contributed by atoms with van der Waals surface area (Å²) >= 11 is 0. The van der Waals surface area contributed by atoms with E-state index in [-0.39, 0.29) is 38.2 Å². The summed E-state index contributed by atoms with van der Waals surface area (Å²) in [5, 5.41) is 2.10. The molecule has 0 heterocycles. The van der Waals surface area contributed by atoms with E-state index in [2.05, 4.69) is 0 Å². The van der Waals surface area contributed by atoms with E-state index >= 15 is 0 Å². The second-order valence-corrected chi connectivity index (χ2v) is 8.95. The summed E-state index contributed by atoms with van der Waals surface area (Å²) in [7, 11) is -9.07. The average molecular weight is 508 g/mol. The molecule has 4 aromatic rings. The van der Waals surface area contributed by atoms with Gasteiger partial charge in [-0.05, 0) is 22.9 Å². The molecule has 0 fully saturated rings. The van der Waals surface area contributed by atoms with E-state index < -0.39 is 20.2 Å². The van der Waals surface area contributed by atoms with Crippen LogP contribution >= 0.6 is 0 Å². The summed E-state index contributed by atoms with van der Waals surface area (Å²) in [4.78, 5) is -0.666. The van der Waals surface area contributed by atoms with Crippen LogP contribution in [-0.2, 0) is 37.3 Å². The van der Waals surface area contributed by atoms with Crippen LogP contribution in [0.15, 0.2) is 82.6 Å². The van der Waals surface area contributed by atoms with Crippen LogP contribution in [-0.4, -0.2) is 25.9 Å². The van der Waals surface area contributed by atoms with E-state index in [0.717, 1.165) is 0 Å². The Morgan fingerprint density at radius 2 is 0.871 bits per heavy atom. The molecular weight excluding hydrogens is 492 g/mol. The van der Waals surface area contributed by atoms with Crippen molar-refractivity contribution in [1.82, 2.24) is 0 Å². The number of nitrogen functional groups attached to an aromatic ring is 2. The molecule has 0 saturated heterocycles. The quantitative estimate of drug-likeness (QED) is 0.237. The molecule has 0 aliphatic heterocycles. The molecule has 0 atom stereocenters. The van der Waals surface area contributed by atoms with Crippen molar-refractivity contribution in [2.45, 2.75) is 9.79 Å². The zero-order valence-electron chi connectivity index (χ0n) is 15.7. The monoisotopic (exact) mass is 507 g/mol. The van der Waals surface area contributed by atoms with Gasteiger partial charge in [-0.2, -0.15) is 0 Å². The Morgan fingerprint density at radius 3 is 1.19 bits per heavy atom. The first-order valence-electron chi connectivity index (χ1n) is 8.46. The van der Waals surface area contributed by atoms with Gasteiger partial charge in [0.2, 0.25) is 0 Å². The second-order valence-electron chi connectivity index (χ2n) is 6.32. The molecule has 0 bridgehead atoms. The van der Waals surface area contributed by atoms with Crippen LogP contribution in [0.25, 0.3) is 21.5 Å². The summed E-state index contributed by atoms with van der Waals surface area (Å²) in [6.45, 7) is 0. The number of hydrogen-bond donors (Lipinski definition) is 2. The summed E-state index contributed by atoms with van der Waals surface area (Å²) in [6.07, 6.45) is 0. The van der Waals surface area contributed by atoms with Crippen molar-refractivity contribution < 1.29 is 43.0 Å². The fourth-order valence-corrected chi connectivity index (χ4v) is 4.70. The molecule has 0 saturated carbocycles. The Labute approximate surface area is 189 Å². The van der Waals surface area contributed by atoms with Gasteiger partial charge in [0.15, 0.2) is 0 Å². The van der Waals surface area contributed by atoms with Crippen molar-refractivity contribution in [3.8, 4) is 0 Å². The number of hydrogen-bond acceptors (Lipinski definition) is 8. The van der Waals surface area contributed by atoms with Gasteiger partial charge in [0.05, 0.1) is 9.79 Å². The second kappa shape index (κ2) is 9.23. The maximum absolute atomic E-state index is 11.0. The zero-order valence-corrected chi connectivity index (χ0v) is 18.2. The molecule has 0 aromatic heterocycles. The molecule has 1 radical (unpaired) electrons. The van der Waals surface area contributed by atoms with Crippen LogP contribution < -0.4 is 11.5 Å². The number of anilines is 2. The average Bonchev–Trinajstić information content (AvgIpc) is 2.66. The van der Waals surface area contributed by atoms with E-state index in [1.807, 2.05) is 0 Å². The van der Waals surface area contributed by atoms with E-state index in [9.17, 15) is 25.9 Å². The standard InChI is InChI=1S/2C10H9NO3S.Cu/c2*11-9-6-5-7-3-1-2-4-8(7)10(9)15(12,13)14;/h2*1-6H,11H2,(H,12,13,14);/q;;+2/p-2. The maximum atomic E-state index is 11.0. The molecule has 0 aliphatic carbocycles. The van der Waals surface area contributed by atoms with Gasteiger partial charge in [0.1, 0.15) is 20.2 Å². The third kappa shape index (κ3) is 5.34. The van der Waals surface area contributed by atoms with Gasteiger partial charge in [-0.3, -0.25) is 0 Å². The van der Waals surface area contributed by atoms with Gasteiger partial charge >= 0.3 is 17.1 Å². The molecule has 8 nitrogen and oxygen atoms in total. The number of rotatable bonds is 2. The predicted octanol–water partition coefficient (Wildman–Crippen LogP) is 2.65. The van der Waals surface area contributed by atoms with Gasteiger partial charge < -0.3 is 20.6 Å². The first kappa shape index (κ1) is 24.6. The Hall–Kier alpha value is -2.66. The fourth-order valence-electron chi connectivity index (χ4n) is 3.08. The summed E-state index contributed by atoms with van der Waals surface area (Å²) < 4.78 is 66.2. The van der Waals surface area contributed by atoms with Crippen LogP contribution in [0.2, 0.25) is 0 Å². The number of fused-ring (bicyclic) bond motifs is 2. The van der Waals surface area contributed by atoms with Crippen LogP contribution in [0.1, 0.15) is 0 Å². The molecular formula is C20H16CuN2O6S2. The molecule has 31 heavy (non-hydrogen) atoms. The molecule has 4 N–H and O–H groups in total. The topological polar surface area (TPSA) is 166 Å². The minimum absolute atomic E-state index is 0. The SMILES string of the molecule is Nc1ccc2ccccc2c1S(=O)(=O)[O-].Nc1ccc2ccccc2c1S(=O)(=O)[O-].[Cu+2]. The molecule has 0 amide bonds. The number of benzene rings is 4. The van der Waals surface area contributed by atoms with Gasteiger partial charge in [0, 0.05) is 22.1 Å². The van der Waals surface area contributed by atoms with E-state index in [4.69, 9.17) is 11.5 Å². The maximum Gasteiger partial charge on any atom is 2.00 e. The van der Waals surface area contributed by atoms with E-state index in [0.29, 0.717) is 21.5 Å². The third-order valence-corrected chi connectivity index (χ3v) is 6.23. The Bertz CT molecular complexity index is 1360. The zero-order chi connectivity index (χ0) is 22.1. The molecule has 165 valence electrons. The van der Waals surface area contributed by atoms with Crippen LogP contribution in [0.4, 0.5) is 11.4 Å². The largest absolute Gasteiger partial charge is 2.00 e. The van der Waals surface area contributed by atoms with Crippen LogP contribution in [0.3, 0.4) is 0 Å². The smallest absolute Gasteiger partial charge is 0.744 e. The first-order valence-corrected chi connectivity index (χ1v) is 11.3. The minimum atomic E-state index is -4.54. The summed E-state index contributed by atoms with van der Waals surface area (Å²) in [5.41, 5.74) is 11.0. The molecule has 0 unspecified atom stereocenters. The third-order valence-electron chi connectivity index (χ3n) is 4.32. The van der Waals surface area contributed by atoms with Crippen molar-refractivity contribution in [2.24, 2.45) is 0 Å². The van der Waals surface area contributed by atoms with Gasteiger partial charge in [0.25, 0.3) is 0 Å².